The lowest BCUT2D eigenvalue weighted by atomic mass is 10.5. The lowest BCUT2D eigenvalue weighted by Gasteiger charge is -2.05. The summed E-state index contributed by atoms with van der Waals surface area (Å²) in [5.74, 6) is 1.72. The van der Waals surface area contributed by atoms with Crippen LogP contribution < -0.4 is 5.32 Å². The van der Waals surface area contributed by atoms with E-state index in [-0.39, 0.29) is 0 Å². The average molecular weight is 233 g/mol. The number of tetrazole rings is 1. The number of aromatic nitrogens is 6. The molecule has 17 heavy (non-hydrogen) atoms. The molecule has 3 rings (SSSR count). The summed E-state index contributed by atoms with van der Waals surface area (Å²) in [5, 5.41) is 15.4. The van der Waals surface area contributed by atoms with E-state index in [9.17, 15) is 0 Å². The molecule has 7 heteroatoms. The summed E-state index contributed by atoms with van der Waals surface area (Å²) in [7, 11) is 1.76. The molecule has 0 amide bonds. The zero-order valence-corrected chi connectivity index (χ0v) is 9.74. The smallest absolute Gasteiger partial charge is 0.194 e. The molecule has 1 saturated carbocycles. The highest BCUT2D eigenvalue weighted by molar-refractivity contribution is 4.97. The first-order chi connectivity index (χ1) is 8.31. The molecule has 2 aromatic heterocycles. The predicted molar refractivity (Wildman–Crippen MR) is 60.0 cm³/mol. The summed E-state index contributed by atoms with van der Waals surface area (Å²) in [6.45, 7) is 1.42. The molecule has 0 spiro atoms. The third kappa shape index (κ3) is 2.50. The van der Waals surface area contributed by atoms with Crippen LogP contribution in [0.25, 0.3) is 0 Å². The van der Waals surface area contributed by atoms with Gasteiger partial charge in [0.2, 0.25) is 0 Å². The summed E-state index contributed by atoms with van der Waals surface area (Å²) in [4.78, 5) is 5.80. The molecule has 0 radical (unpaired) electrons. The van der Waals surface area contributed by atoms with Crippen LogP contribution in [-0.2, 0) is 20.1 Å². The van der Waals surface area contributed by atoms with Crippen LogP contribution in [0.1, 0.15) is 24.5 Å². The minimum Gasteiger partial charge on any atom is -0.326 e. The first-order valence-corrected chi connectivity index (χ1v) is 5.77. The lowest BCUT2D eigenvalue weighted by Crippen LogP contribution is -2.19. The Bertz CT molecular complexity index is 496. The van der Waals surface area contributed by atoms with Crippen LogP contribution in [0.2, 0.25) is 0 Å². The minimum atomic E-state index is 0.621. The molecule has 0 atom stereocenters. The van der Waals surface area contributed by atoms with Gasteiger partial charge in [0.1, 0.15) is 5.82 Å². The summed E-state index contributed by atoms with van der Waals surface area (Å²) < 4.78 is 2.05. The Morgan fingerprint density at radius 3 is 3.06 bits per heavy atom. The van der Waals surface area contributed by atoms with Gasteiger partial charge in [0.15, 0.2) is 5.82 Å². The van der Waals surface area contributed by atoms with Crippen molar-refractivity contribution in [1.82, 2.24) is 35.1 Å². The Kier molecular flexibility index (Phi) is 2.60. The van der Waals surface area contributed by atoms with Crippen molar-refractivity contribution in [3.05, 3.63) is 24.0 Å². The van der Waals surface area contributed by atoms with Gasteiger partial charge < -0.3 is 9.88 Å². The molecule has 1 aliphatic carbocycles. The van der Waals surface area contributed by atoms with Gasteiger partial charge in [-0.15, -0.1) is 10.2 Å². The second-order valence-electron chi connectivity index (χ2n) is 4.32. The maximum Gasteiger partial charge on any atom is 0.194 e. The molecule has 1 N–H and O–H groups in total. The van der Waals surface area contributed by atoms with Gasteiger partial charge in [0, 0.05) is 18.4 Å². The van der Waals surface area contributed by atoms with Crippen molar-refractivity contribution in [3.63, 3.8) is 0 Å². The maximum absolute atomic E-state index is 4.34. The van der Waals surface area contributed by atoms with Crippen LogP contribution in [0.5, 0.6) is 0 Å². The van der Waals surface area contributed by atoms with Gasteiger partial charge in [0.25, 0.3) is 0 Å². The predicted octanol–water partition coefficient (Wildman–Crippen LogP) is -0.293. The molecule has 0 saturated heterocycles. The molecular formula is C10H15N7. The molecule has 0 aromatic carbocycles. The van der Waals surface area contributed by atoms with Gasteiger partial charge in [-0.1, -0.05) is 0 Å². The van der Waals surface area contributed by atoms with Crippen molar-refractivity contribution in [3.8, 4) is 0 Å². The van der Waals surface area contributed by atoms with Crippen LogP contribution >= 0.6 is 0 Å². The van der Waals surface area contributed by atoms with E-state index in [1.165, 1.54) is 17.6 Å². The second-order valence-corrected chi connectivity index (χ2v) is 4.32. The summed E-state index contributed by atoms with van der Waals surface area (Å²) in [6, 6.07) is 0.690. The zero-order chi connectivity index (χ0) is 11.7. The quantitative estimate of drug-likeness (QED) is 0.768. The van der Waals surface area contributed by atoms with Crippen LogP contribution in [0.15, 0.2) is 12.4 Å². The number of imidazole rings is 1. The van der Waals surface area contributed by atoms with Gasteiger partial charge in [-0.3, -0.25) is 0 Å². The lowest BCUT2D eigenvalue weighted by molar-refractivity contribution is 0.603. The van der Waals surface area contributed by atoms with Gasteiger partial charge >= 0.3 is 0 Å². The van der Waals surface area contributed by atoms with Gasteiger partial charge in [0.05, 0.1) is 20.1 Å². The van der Waals surface area contributed by atoms with E-state index in [4.69, 9.17) is 0 Å². The molecular weight excluding hydrogens is 218 g/mol. The first kappa shape index (κ1) is 10.4. The monoisotopic (exact) mass is 233 g/mol. The number of nitrogens with one attached hydrogen (secondary N) is 1. The summed E-state index contributed by atoms with van der Waals surface area (Å²) in [6.07, 6.45) is 6.32. The minimum absolute atomic E-state index is 0.621. The number of nitrogens with zero attached hydrogens (tertiary/aromatic N) is 6. The highest BCUT2D eigenvalue weighted by atomic mass is 15.6. The highest BCUT2D eigenvalue weighted by Crippen LogP contribution is 2.19. The molecule has 2 aromatic rings. The number of hydrogen-bond acceptors (Lipinski definition) is 5. The number of hydrogen-bond donors (Lipinski definition) is 1. The van der Waals surface area contributed by atoms with Crippen molar-refractivity contribution in [1.29, 1.82) is 0 Å². The van der Waals surface area contributed by atoms with Crippen molar-refractivity contribution in [2.24, 2.45) is 7.05 Å². The Hall–Kier alpha value is -1.76. The van der Waals surface area contributed by atoms with E-state index in [1.54, 1.807) is 13.2 Å². The topological polar surface area (TPSA) is 73.5 Å². The molecule has 7 nitrogen and oxygen atoms in total. The Morgan fingerprint density at radius 1 is 1.47 bits per heavy atom. The largest absolute Gasteiger partial charge is 0.326 e. The van der Waals surface area contributed by atoms with E-state index in [2.05, 4.69) is 25.7 Å². The molecule has 0 unspecified atom stereocenters. The van der Waals surface area contributed by atoms with Crippen LogP contribution in [0.4, 0.5) is 0 Å². The second kappa shape index (κ2) is 4.25. The third-order valence-corrected chi connectivity index (χ3v) is 2.79. The molecule has 2 heterocycles. The normalized spacial score (nSPS) is 15.4. The van der Waals surface area contributed by atoms with Gasteiger partial charge in [-0.25, -0.2) is 4.98 Å². The van der Waals surface area contributed by atoms with Gasteiger partial charge in [-0.2, -0.15) is 4.80 Å². The summed E-state index contributed by atoms with van der Waals surface area (Å²) in [5.41, 5.74) is 0. The van der Waals surface area contributed by atoms with Crippen molar-refractivity contribution >= 4 is 0 Å². The molecule has 0 bridgehead atoms. The van der Waals surface area contributed by atoms with Crippen molar-refractivity contribution < 1.29 is 0 Å². The fourth-order valence-corrected chi connectivity index (χ4v) is 1.71. The SMILES string of the molecule is Cn1nnc(Cn2ccnc2CNC2CC2)n1. The van der Waals surface area contributed by atoms with Crippen LogP contribution in [0, 0.1) is 0 Å². The number of aryl methyl sites for hydroxylation is 1. The van der Waals surface area contributed by atoms with Gasteiger partial charge in [-0.05, 0) is 18.1 Å². The fraction of sp³-hybridized carbons (Fsp3) is 0.600. The summed E-state index contributed by atoms with van der Waals surface area (Å²) >= 11 is 0. The van der Waals surface area contributed by atoms with E-state index >= 15 is 0 Å². The fourth-order valence-electron chi connectivity index (χ4n) is 1.71. The highest BCUT2D eigenvalue weighted by Gasteiger charge is 2.20. The first-order valence-electron chi connectivity index (χ1n) is 5.77. The van der Waals surface area contributed by atoms with E-state index < -0.39 is 0 Å². The van der Waals surface area contributed by atoms with Crippen molar-refractivity contribution in [2.45, 2.75) is 32.0 Å². The van der Waals surface area contributed by atoms with E-state index in [0.717, 1.165) is 12.4 Å². The average Bonchev–Trinajstić information content (AvgIpc) is 2.90. The van der Waals surface area contributed by atoms with Crippen molar-refractivity contribution in [2.75, 3.05) is 0 Å². The Balaban J connectivity index is 1.67. The zero-order valence-electron chi connectivity index (χ0n) is 9.74. The molecule has 90 valence electrons. The van der Waals surface area contributed by atoms with E-state index in [1.807, 2.05) is 10.8 Å². The Morgan fingerprint density at radius 2 is 2.35 bits per heavy atom. The Labute approximate surface area is 98.8 Å². The third-order valence-electron chi connectivity index (χ3n) is 2.79. The molecule has 0 aliphatic heterocycles. The maximum atomic E-state index is 4.34. The van der Waals surface area contributed by atoms with Crippen LogP contribution in [-0.4, -0.2) is 35.8 Å². The number of rotatable bonds is 5. The molecule has 1 aliphatic rings. The van der Waals surface area contributed by atoms with E-state index in [0.29, 0.717) is 18.4 Å². The molecule has 1 fully saturated rings. The standard InChI is InChI=1S/C10H15N7/c1-16-14-9(13-15-16)7-17-5-4-11-10(17)6-12-8-2-3-8/h4-5,8,12H,2-3,6-7H2,1H3. The van der Waals surface area contributed by atoms with Crippen LogP contribution in [0.3, 0.4) is 0 Å².